The van der Waals surface area contributed by atoms with Crippen LogP contribution in [-0.2, 0) is 0 Å². The monoisotopic (exact) mass is 441 g/mol. The molecule has 1 heterocycles. The number of carbonyl (C=O) groups excluding carboxylic acids is 1. The minimum absolute atomic E-state index is 0.245. The first-order valence-corrected chi connectivity index (χ1v) is 8.26. The summed E-state index contributed by atoms with van der Waals surface area (Å²) in [6, 6.07) is 5.25. The zero-order chi connectivity index (χ0) is 14.2. The average molecular weight is 444 g/mol. The fourth-order valence-electron chi connectivity index (χ4n) is 1.40. The Balaban J connectivity index is 2.31. The molecule has 2 rings (SSSR count). The highest BCUT2D eigenvalue weighted by Crippen LogP contribution is 2.35. The Morgan fingerprint density at radius 2 is 2.00 bits per heavy atom. The average Bonchev–Trinajstić information content (AvgIpc) is 2.70. The summed E-state index contributed by atoms with van der Waals surface area (Å²) in [5, 5.41) is 3.61. The van der Waals surface area contributed by atoms with E-state index < -0.39 is 0 Å². The second-order valence-electron chi connectivity index (χ2n) is 3.74. The second kappa shape index (κ2) is 6.14. The van der Waals surface area contributed by atoms with Gasteiger partial charge in [0, 0.05) is 4.47 Å². The van der Waals surface area contributed by atoms with Gasteiger partial charge in [-0.3, -0.25) is 4.79 Å². The van der Waals surface area contributed by atoms with E-state index in [2.05, 4.69) is 37.2 Å². The minimum Gasteiger partial charge on any atom is -0.319 e. The quantitative estimate of drug-likeness (QED) is 0.593. The third-order valence-electron chi connectivity index (χ3n) is 2.39. The van der Waals surface area contributed by atoms with Crippen LogP contribution in [0.15, 0.2) is 26.5 Å². The third kappa shape index (κ3) is 3.34. The van der Waals surface area contributed by atoms with E-state index in [9.17, 15) is 4.79 Å². The molecule has 0 bridgehead atoms. The number of hydrogen-bond donors (Lipinski definition) is 1. The van der Waals surface area contributed by atoms with Gasteiger partial charge in [-0.2, -0.15) is 0 Å². The van der Waals surface area contributed by atoms with Crippen molar-refractivity contribution in [2.75, 3.05) is 5.32 Å². The Labute approximate surface area is 141 Å². The van der Waals surface area contributed by atoms with Crippen LogP contribution in [0.25, 0.3) is 0 Å². The molecular weight excluding hydrogens is 437 g/mol. The van der Waals surface area contributed by atoms with Crippen LogP contribution in [0.4, 0.5) is 5.69 Å². The highest BCUT2D eigenvalue weighted by atomic mass is 79.9. The first-order chi connectivity index (χ1) is 8.90. The molecule has 0 radical (unpaired) electrons. The number of amides is 1. The summed E-state index contributed by atoms with van der Waals surface area (Å²) in [6.45, 7) is 1.85. The molecule has 0 aliphatic heterocycles. The first-order valence-electron chi connectivity index (χ1n) is 5.11. The number of aryl methyl sites for hydroxylation is 1. The molecule has 1 aromatic heterocycles. The van der Waals surface area contributed by atoms with Crippen LogP contribution in [0.3, 0.4) is 0 Å². The van der Waals surface area contributed by atoms with Gasteiger partial charge < -0.3 is 5.32 Å². The van der Waals surface area contributed by atoms with Gasteiger partial charge in [0.2, 0.25) is 0 Å². The van der Waals surface area contributed by atoms with Gasteiger partial charge in [-0.1, -0.05) is 29.3 Å². The number of hydrogen-bond acceptors (Lipinski definition) is 2. The molecule has 19 heavy (non-hydrogen) atoms. The Hall–Kier alpha value is -0.0700. The van der Waals surface area contributed by atoms with Crippen molar-refractivity contribution in [1.29, 1.82) is 0 Å². The molecule has 100 valence electrons. The van der Waals surface area contributed by atoms with Crippen molar-refractivity contribution in [3.05, 3.63) is 46.9 Å². The molecule has 0 atom stereocenters. The second-order valence-corrected chi connectivity index (χ2v) is 7.75. The molecule has 0 fully saturated rings. The first kappa shape index (κ1) is 15.3. The summed E-state index contributed by atoms with van der Waals surface area (Å²) in [4.78, 5) is 12.7. The summed E-state index contributed by atoms with van der Waals surface area (Å²) < 4.78 is 1.70. The lowest BCUT2D eigenvalue weighted by molar-refractivity contribution is 0.103. The highest BCUT2D eigenvalue weighted by molar-refractivity contribution is 9.13. The van der Waals surface area contributed by atoms with E-state index in [0.717, 1.165) is 13.8 Å². The highest BCUT2D eigenvalue weighted by Gasteiger charge is 2.16. The molecule has 0 unspecified atom stereocenters. The summed E-state index contributed by atoms with van der Waals surface area (Å²) in [5.74, 6) is -0.245. The number of carbonyl (C=O) groups is 1. The maximum absolute atomic E-state index is 12.1. The number of benzene rings is 1. The molecule has 0 aliphatic rings. The number of rotatable bonds is 2. The SMILES string of the molecule is Cc1ccc(Cl)c(NC(=O)c2cc(Br)c(Br)s2)c1Cl. The largest absolute Gasteiger partial charge is 0.319 e. The third-order valence-corrected chi connectivity index (χ3v) is 6.45. The van der Waals surface area contributed by atoms with Crippen molar-refractivity contribution in [3.63, 3.8) is 0 Å². The zero-order valence-corrected chi connectivity index (χ0v) is 15.1. The predicted molar refractivity (Wildman–Crippen MR) is 88.9 cm³/mol. The van der Waals surface area contributed by atoms with E-state index in [0.29, 0.717) is 20.6 Å². The van der Waals surface area contributed by atoms with Gasteiger partial charge in [0.25, 0.3) is 5.91 Å². The molecule has 2 aromatic rings. The Bertz CT molecular complexity index is 638. The number of halogens is 4. The van der Waals surface area contributed by atoms with Crippen LogP contribution in [0.2, 0.25) is 10.0 Å². The number of thiophene rings is 1. The normalized spacial score (nSPS) is 10.6. The molecule has 1 amide bonds. The molecule has 0 aliphatic carbocycles. The predicted octanol–water partition coefficient (Wildman–Crippen LogP) is 6.14. The Morgan fingerprint density at radius 3 is 2.58 bits per heavy atom. The number of anilines is 1. The van der Waals surface area contributed by atoms with Crippen LogP contribution < -0.4 is 5.32 Å². The molecule has 7 heteroatoms. The van der Waals surface area contributed by atoms with Crippen molar-refractivity contribution in [1.82, 2.24) is 0 Å². The topological polar surface area (TPSA) is 29.1 Å². The van der Waals surface area contributed by atoms with Crippen molar-refractivity contribution in [2.45, 2.75) is 6.92 Å². The Morgan fingerprint density at radius 1 is 1.32 bits per heavy atom. The lowest BCUT2D eigenvalue weighted by Crippen LogP contribution is -2.11. The smallest absolute Gasteiger partial charge is 0.265 e. The maximum atomic E-state index is 12.1. The van der Waals surface area contributed by atoms with Crippen molar-refractivity contribution < 1.29 is 4.79 Å². The van der Waals surface area contributed by atoms with Gasteiger partial charge in [0.15, 0.2) is 0 Å². The summed E-state index contributed by atoms with van der Waals surface area (Å²) in [6.07, 6.45) is 0. The molecule has 0 spiro atoms. The van der Waals surface area contributed by atoms with E-state index in [1.165, 1.54) is 11.3 Å². The fraction of sp³-hybridized carbons (Fsp3) is 0.0833. The lowest BCUT2D eigenvalue weighted by Gasteiger charge is -2.10. The van der Waals surface area contributed by atoms with E-state index in [-0.39, 0.29) is 5.91 Å². The summed E-state index contributed by atoms with van der Waals surface area (Å²) >= 11 is 20.2. The van der Waals surface area contributed by atoms with Crippen LogP contribution in [0.1, 0.15) is 15.2 Å². The van der Waals surface area contributed by atoms with Crippen LogP contribution in [0.5, 0.6) is 0 Å². The van der Waals surface area contributed by atoms with Gasteiger partial charge in [-0.15, -0.1) is 11.3 Å². The molecule has 1 aromatic carbocycles. The minimum atomic E-state index is -0.245. The standard InChI is InChI=1S/C12H7Br2Cl2NOS/c1-5-2-3-7(15)10(9(5)16)17-12(18)8-4-6(13)11(14)19-8/h2-4H,1H3,(H,17,18). The zero-order valence-electron chi connectivity index (χ0n) is 9.56. The van der Waals surface area contributed by atoms with E-state index in [4.69, 9.17) is 23.2 Å². The van der Waals surface area contributed by atoms with Crippen LogP contribution >= 0.6 is 66.4 Å². The van der Waals surface area contributed by atoms with E-state index >= 15 is 0 Å². The summed E-state index contributed by atoms with van der Waals surface area (Å²) in [7, 11) is 0. The van der Waals surface area contributed by atoms with Crippen molar-refractivity contribution in [2.24, 2.45) is 0 Å². The molecule has 1 N–H and O–H groups in total. The van der Waals surface area contributed by atoms with E-state index in [1.54, 1.807) is 18.2 Å². The molecule has 2 nitrogen and oxygen atoms in total. The van der Waals surface area contributed by atoms with Gasteiger partial charge in [-0.05, 0) is 56.5 Å². The maximum Gasteiger partial charge on any atom is 0.265 e. The van der Waals surface area contributed by atoms with Gasteiger partial charge >= 0.3 is 0 Å². The molecular formula is C12H7Br2Cl2NOS. The molecule has 0 saturated carbocycles. The molecule has 0 saturated heterocycles. The fourth-order valence-corrected chi connectivity index (χ4v) is 3.80. The van der Waals surface area contributed by atoms with Gasteiger partial charge in [0.1, 0.15) is 0 Å². The number of nitrogens with one attached hydrogen (secondary N) is 1. The Kier molecular flexibility index (Phi) is 4.95. The van der Waals surface area contributed by atoms with Crippen molar-refractivity contribution >= 4 is 78.0 Å². The van der Waals surface area contributed by atoms with Crippen LogP contribution in [-0.4, -0.2) is 5.91 Å². The van der Waals surface area contributed by atoms with Crippen LogP contribution in [0, 0.1) is 6.92 Å². The lowest BCUT2D eigenvalue weighted by atomic mass is 10.2. The van der Waals surface area contributed by atoms with E-state index in [1.807, 2.05) is 6.92 Å². The van der Waals surface area contributed by atoms with Gasteiger partial charge in [-0.25, -0.2) is 0 Å². The van der Waals surface area contributed by atoms with Gasteiger partial charge in [0.05, 0.1) is 24.4 Å². The van der Waals surface area contributed by atoms with Crippen molar-refractivity contribution in [3.8, 4) is 0 Å². The summed E-state index contributed by atoms with van der Waals surface area (Å²) in [5.41, 5.74) is 1.30.